The molecule has 22 heavy (non-hydrogen) atoms. The molecule has 1 aromatic carbocycles. The molecule has 0 radical (unpaired) electrons. The average Bonchev–Trinajstić information content (AvgIpc) is 2.52. The van der Waals surface area contributed by atoms with Gasteiger partial charge >= 0.3 is 5.69 Å². The van der Waals surface area contributed by atoms with Gasteiger partial charge < -0.3 is 10.3 Å². The minimum Gasteiger partial charge on any atom is -0.323 e. The molecular formula is C15H12N4O3. The number of amides is 1. The normalized spacial score (nSPS) is 10.5. The number of hydrogen-bond acceptors (Lipinski definition) is 4. The highest BCUT2D eigenvalue weighted by molar-refractivity contribution is 5.90. The number of hydrogen-bond donors (Lipinski definition) is 2. The Bertz CT molecular complexity index is 944. The predicted molar refractivity (Wildman–Crippen MR) is 81.7 cm³/mol. The smallest absolute Gasteiger partial charge is 0.323 e. The van der Waals surface area contributed by atoms with Gasteiger partial charge in [0, 0.05) is 6.20 Å². The maximum atomic E-state index is 12.3. The Morgan fingerprint density at radius 2 is 2.00 bits per heavy atom. The van der Waals surface area contributed by atoms with Gasteiger partial charge in [-0.15, -0.1) is 0 Å². The first-order valence-corrected chi connectivity index (χ1v) is 6.57. The Morgan fingerprint density at radius 3 is 2.77 bits per heavy atom. The van der Waals surface area contributed by atoms with E-state index in [-0.39, 0.29) is 6.54 Å². The monoisotopic (exact) mass is 296 g/mol. The molecule has 0 aliphatic carbocycles. The van der Waals surface area contributed by atoms with Gasteiger partial charge in [-0.2, -0.15) is 0 Å². The number of para-hydroxylation sites is 1. The number of aromatic amines is 1. The number of carbonyl (C=O) groups is 1. The lowest BCUT2D eigenvalue weighted by molar-refractivity contribution is -0.116. The molecule has 0 bridgehead atoms. The SMILES string of the molecule is O=C(Cn1c(=O)[nH]c2ccccc2c1=O)Nc1cccnc1. The van der Waals surface area contributed by atoms with Crippen molar-refractivity contribution in [2.75, 3.05) is 5.32 Å². The number of anilines is 1. The largest absolute Gasteiger partial charge is 0.329 e. The van der Waals surface area contributed by atoms with E-state index < -0.39 is 17.2 Å². The number of fused-ring (bicyclic) bond motifs is 1. The molecule has 110 valence electrons. The maximum absolute atomic E-state index is 12.3. The molecule has 0 spiro atoms. The maximum Gasteiger partial charge on any atom is 0.329 e. The molecule has 0 fully saturated rings. The lowest BCUT2D eigenvalue weighted by Crippen LogP contribution is -2.38. The van der Waals surface area contributed by atoms with Gasteiger partial charge in [0.2, 0.25) is 5.91 Å². The van der Waals surface area contributed by atoms with Gasteiger partial charge in [-0.25, -0.2) is 4.79 Å². The summed E-state index contributed by atoms with van der Waals surface area (Å²) in [5, 5.41) is 2.94. The first kappa shape index (κ1) is 13.7. The van der Waals surface area contributed by atoms with E-state index in [1.807, 2.05) is 0 Å². The Balaban J connectivity index is 1.92. The summed E-state index contributed by atoms with van der Waals surface area (Å²) in [4.78, 5) is 42.7. The van der Waals surface area contributed by atoms with Crippen LogP contribution in [0.15, 0.2) is 58.4 Å². The molecule has 0 aliphatic heterocycles. The number of benzene rings is 1. The first-order valence-electron chi connectivity index (χ1n) is 6.57. The highest BCUT2D eigenvalue weighted by Crippen LogP contribution is 2.04. The van der Waals surface area contributed by atoms with Crippen LogP contribution in [0.4, 0.5) is 5.69 Å². The molecule has 0 saturated heterocycles. The van der Waals surface area contributed by atoms with Crippen molar-refractivity contribution in [2.24, 2.45) is 0 Å². The van der Waals surface area contributed by atoms with Gasteiger partial charge in [0.1, 0.15) is 6.54 Å². The zero-order valence-corrected chi connectivity index (χ0v) is 11.4. The summed E-state index contributed by atoms with van der Waals surface area (Å²) in [6, 6.07) is 9.99. The zero-order valence-electron chi connectivity index (χ0n) is 11.4. The summed E-state index contributed by atoms with van der Waals surface area (Å²) in [7, 11) is 0. The number of H-pyrrole nitrogens is 1. The Labute approximate surface area is 124 Å². The number of rotatable bonds is 3. The summed E-state index contributed by atoms with van der Waals surface area (Å²) >= 11 is 0. The van der Waals surface area contributed by atoms with E-state index in [4.69, 9.17) is 0 Å². The summed E-state index contributed by atoms with van der Waals surface area (Å²) in [5.74, 6) is -0.476. The third-order valence-electron chi connectivity index (χ3n) is 3.14. The molecule has 3 aromatic rings. The molecule has 0 unspecified atom stereocenters. The van der Waals surface area contributed by atoms with Crippen LogP contribution in [0.5, 0.6) is 0 Å². The van der Waals surface area contributed by atoms with Crippen LogP contribution >= 0.6 is 0 Å². The topological polar surface area (TPSA) is 96.9 Å². The van der Waals surface area contributed by atoms with E-state index in [1.54, 1.807) is 42.6 Å². The fraction of sp³-hybridized carbons (Fsp3) is 0.0667. The molecule has 2 aromatic heterocycles. The number of nitrogens with zero attached hydrogens (tertiary/aromatic N) is 2. The van der Waals surface area contributed by atoms with E-state index in [2.05, 4.69) is 15.3 Å². The molecule has 7 heteroatoms. The zero-order chi connectivity index (χ0) is 15.5. The third kappa shape index (κ3) is 2.64. The molecule has 2 N–H and O–H groups in total. The van der Waals surface area contributed by atoms with Crippen molar-refractivity contribution < 1.29 is 4.79 Å². The van der Waals surface area contributed by atoms with Crippen LogP contribution in [0.2, 0.25) is 0 Å². The summed E-state index contributed by atoms with van der Waals surface area (Å²) in [5.41, 5.74) is -0.176. The van der Waals surface area contributed by atoms with Crippen LogP contribution in [0, 0.1) is 0 Å². The van der Waals surface area contributed by atoms with Gasteiger partial charge in [-0.3, -0.25) is 19.1 Å². The van der Waals surface area contributed by atoms with Crippen molar-refractivity contribution in [1.29, 1.82) is 0 Å². The van der Waals surface area contributed by atoms with Crippen molar-refractivity contribution in [3.8, 4) is 0 Å². The Hall–Kier alpha value is -3.22. The third-order valence-corrected chi connectivity index (χ3v) is 3.14. The van der Waals surface area contributed by atoms with E-state index in [0.717, 1.165) is 4.57 Å². The van der Waals surface area contributed by atoms with E-state index >= 15 is 0 Å². The van der Waals surface area contributed by atoms with Gasteiger partial charge in [0.15, 0.2) is 0 Å². The number of nitrogens with one attached hydrogen (secondary N) is 2. The molecule has 1 amide bonds. The molecule has 3 rings (SSSR count). The second-order valence-corrected chi connectivity index (χ2v) is 4.66. The number of carbonyl (C=O) groups excluding carboxylic acids is 1. The summed E-state index contributed by atoms with van der Waals surface area (Å²) in [6.07, 6.45) is 3.06. The van der Waals surface area contributed by atoms with Crippen molar-refractivity contribution >= 4 is 22.5 Å². The van der Waals surface area contributed by atoms with Crippen LogP contribution in [-0.2, 0) is 11.3 Å². The first-order chi connectivity index (χ1) is 10.6. The van der Waals surface area contributed by atoms with E-state index in [9.17, 15) is 14.4 Å². The standard InChI is InChI=1S/C15H12N4O3/c20-13(17-10-4-3-7-16-8-10)9-19-14(21)11-5-1-2-6-12(11)18-15(19)22/h1-8H,9H2,(H,17,20)(H,18,22). The predicted octanol–water partition coefficient (Wildman–Crippen LogP) is 0.723. The van der Waals surface area contributed by atoms with Gasteiger partial charge in [-0.1, -0.05) is 12.1 Å². The summed E-state index contributed by atoms with van der Waals surface area (Å²) < 4.78 is 0.869. The molecule has 0 aliphatic rings. The van der Waals surface area contributed by atoms with Crippen molar-refractivity contribution in [2.45, 2.75) is 6.54 Å². The minimum absolute atomic E-state index is 0.358. The lowest BCUT2D eigenvalue weighted by atomic mass is 10.2. The van der Waals surface area contributed by atoms with Crippen LogP contribution in [0.25, 0.3) is 10.9 Å². The van der Waals surface area contributed by atoms with Gasteiger partial charge in [-0.05, 0) is 24.3 Å². The minimum atomic E-state index is -0.620. The van der Waals surface area contributed by atoms with E-state index in [1.165, 1.54) is 6.20 Å². The molecule has 2 heterocycles. The molecule has 0 atom stereocenters. The summed E-state index contributed by atoms with van der Waals surface area (Å²) in [6.45, 7) is -0.367. The quantitative estimate of drug-likeness (QED) is 0.744. The van der Waals surface area contributed by atoms with Crippen LogP contribution < -0.4 is 16.6 Å². The van der Waals surface area contributed by atoms with Crippen molar-refractivity contribution in [3.05, 3.63) is 69.6 Å². The second kappa shape index (κ2) is 5.65. The average molecular weight is 296 g/mol. The van der Waals surface area contributed by atoms with Crippen LogP contribution in [0.3, 0.4) is 0 Å². The fourth-order valence-electron chi connectivity index (χ4n) is 2.12. The van der Waals surface area contributed by atoms with E-state index in [0.29, 0.717) is 16.6 Å². The number of pyridine rings is 1. The van der Waals surface area contributed by atoms with Crippen LogP contribution in [0.1, 0.15) is 0 Å². The molecule has 0 saturated carbocycles. The second-order valence-electron chi connectivity index (χ2n) is 4.66. The lowest BCUT2D eigenvalue weighted by Gasteiger charge is -2.07. The highest BCUT2D eigenvalue weighted by atomic mass is 16.2. The van der Waals surface area contributed by atoms with Crippen molar-refractivity contribution in [1.82, 2.24) is 14.5 Å². The molecule has 7 nitrogen and oxygen atoms in total. The number of aromatic nitrogens is 3. The molecular weight excluding hydrogens is 284 g/mol. The van der Waals surface area contributed by atoms with Gasteiger partial charge in [0.05, 0.1) is 22.8 Å². The van der Waals surface area contributed by atoms with Crippen molar-refractivity contribution in [3.63, 3.8) is 0 Å². The van der Waals surface area contributed by atoms with Crippen LogP contribution in [-0.4, -0.2) is 20.4 Å². The highest BCUT2D eigenvalue weighted by Gasteiger charge is 2.11. The fourth-order valence-corrected chi connectivity index (χ4v) is 2.12. The Morgan fingerprint density at radius 1 is 1.18 bits per heavy atom. The van der Waals surface area contributed by atoms with Gasteiger partial charge in [0.25, 0.3) is 5.56 Å². The Kier molecular flexibility index (Phi) is 3.53.